The molecule has 4 rings (SSSR count). The Hall–Kier alpha value is -2.20. The molecule has 0 aliphatic carbocycles. The first-order chi connectivity index (χ1) is 16.4. The fraction of sp³-hybridized carbons (Fsp3) is 0.500. The van der Waals surface area contributed by atoms with E-state index in [1.165, 1.54) is 34.7 Å². The molecular formula is C30H46N2OS. The van der Waals surface area contributed by atoms with Crippen molar-refractivity contribution in [3.05, 3.63) is 65.2 Å². The second-order valence-corrected chi connectivity index (χ2v) is 9.86. The zero-order valence-electron chi connectivity index (χ0n) is 22.7. The predicted molar refractivity (Wildman–Crippen MR) is 153 cm³/mol. The van der Waals surface area contributed by atoms with Gasteiger partial charge in [-0.15, -0.1) is 0 Å². The van der Waals surface area contributed by atoms with Crippen LogP contribution in [0.15, 0.2) is 64.5 Å². The molecule has 0 fully saturated rings. The molecule has 2 aliphatic heterocycles. The molecule has 2 aliphatic rings. The lowest BCUT2D eigenvalue weighted by molar-refractivity contribution is -0.114. The maximum atomic E-state index is 11.7. The number of ketones is 1. The summed E-state index contributed by atoms with van der Waals surface area (Å²) in [6, 6.07) is 16.8. The molecule has 0 saturated carbocycles. The number of hydrogen-bond donors (Lipinski definition) is 1. The normalized spacial score (nSPS) is 15.4. The largest absolute Gasteiger partial charge is 0.384 e. The summed E-state index contributed by atoms with van der Waals surface area (Å²) >= 11 is 1.69. The van der Waals surface area contributed by atoms with Gasteiger partial charge in [-0.3, -0.25) is 4.79 Å². The van der Waals surface area contributed by atoms with Crippen molar-refractivity contribution in [1.82, 2.24) is 0 Å². The second-order valence-electron chi connectivity index (χ2n) is 8.80. The molecule has 2 heterocycles. The summed E-state index contributed by atoms with van der Waals surface area (Å²) in [6.45, 7) is 19.0. The molecular weight excluding hydrogens is 436 g/mol. The lowest BCUT2D eigenvalue weighted by atomic mass is 9.87. The van der Waals surface area contributed by atoms with Crippen LogP contribution in [0.2, 0.25) is 0 Å². The number of nitrogens with zero attached hydrogens (tertiary/aromatic N) is 1. The minimum absolute atomic E-state index is 0.223. The number of thioether (sulfide) groups is 1. The van der Waals surface area contributed by atoms with Crippen LogP contribution in [0.5, 0.6) is 0 Å². The van der Waals surface area contributed by atoms with Crippen LogP contribution in [0.4, 0.5) is 11.4 Å². The van der Waals surface area contributed by atoms with Crippen molar-refractivity contribution in [3.63, 3.8) is 0 Å². The molecule has 0 aromatic heterocycles. The molecule has 2 aromatic carbocycles. The molecule has 1 N–H and O–H groups in total. The summed E-state index contributed by atoms with van der Waals surface area (Å²) in [6.07, 6.45) is 5.97. The fourth-order valence-electron chi connectivity index (χ4n) is 3.58. The highest BCUT2D eigenvalue weighted by molar-refractivity contribution is 8.03. The number of fused-ring (bicyclic) bond motifs is 2. The first-order valence-electron chi connectivity index (χ1n) is 13.0. The zero-order chi connectivity index (χ0) is 25.6. The maximum absolute atomic E-state index is 11.7. The maximum Gasteiger partial charge on any atom is 0.158 e. The number of unbranched alkanes of at least 4 members (excludes halogenated alkanes) is 1. The van der Waals surface area contributed by atoms with E-state index in [1.54, 1.807) is 17.8 Å². The van der Waals surface area contributed by atoms with Gasteiger partial charge in [0.2, 0.25) is 0 Å². The number of allylic oxidation sites excluding steroid dienone is 1. The summed E-state index contributed by atoms with van der Waals surface area (Å²) in [5.74, 6) is 0.223. The van der Waals surface area contributed by atoms with E-state index >= 15 is 0 Å². The van der Waals surface area contributed by atoms with Crippen molar-refractivity contribution >= 4 is 28.9 Å². The van der Waals surface area contributed by atoms with Gasteiger partial charge in [0.05, 0.1) is 10.7 Å². The molecule has 2 aromatic rings. The number of benzene rings is 2. The molecule has 4 heteroatoms. The van der Waals surface area contributed by atoms with E-state index in [9.17, 15) is 4.79 Å². The van der Waals surface area contributed by atoms with Crippen LogP contribution in [0.1, 0.15) is 86.6 Å². The van der Waals surface area contributed by atoms with Gasteiger partial charge in [0.1, 0.15) is 0 Å². The van der Waals surface area contributed by atoms with Crippen LogP contribution >= 0.6 is 11.8 Å². The Balaban J connectivity index is 0.000000291. The van der Waals surface area contributed by atoms with Gasteiger partial charge >= 0.3 is 0 Å². The average molecular weight is 483 g/mol. The quantitative estimate of drug-likeness (QED) is 0.431. The highest BCUT2D eigenvalue weighted by atomic mass is 32.2. The summed E-state index contributed by atoms with van der Waals surface area (Å²) < 4.78 is 0. The number of carbonyl (C=O) groups excluding carboxylic acids is 1. The van der Waals surface area contributed by atoms with Crippen LogP contribution in [0, 0.1) is 0 Å². The Morgan fingerprint density at radius 1 is 0.971 bits per heavy atom. The number of para-hydroxylation sites is 2. The van der Waals surface area contributed by atoms with E-state index in [-0.39, 0.29) is 5.78 Å². The predicted octanol–water partition coefficient (Wildman–Crippen LogP) is 9.05. The van der Waals surface area contributed by atoms with E-state index in [1.807, 2.05) is 32.9 Å². The first kappa shape index (κ1) is 29.8. The van der Waals surface area contributed by atoms with Gasteiger partial charge in [0.25, 0.3) is 0 Å². The van der Waals surface area contributed by atoms with Crippen molar-refractivity contribution in [1.29, 1.82) is 0 Å². The summed E-state index contributed by atoms with van der Waals surface area (Å²) in [5, 5.41) is 4.45. The summed E-state index contributed by atoms with van der Waals surface area (Å²) in [7, 11) is 0. The summed E-state index contributed by atoms with van der Waals surface area (Å²) in [4.78, 5) is 15.1. The van der Waals surface area contributed by atoms with Crippen LogP contribution in [0.25, 0.3) is 0 Å². The van der Waals surface area contributed by atoms with Crippen molar-refractivity contribution in [3.8, 4) is 0 Å². The Labute approximate surface area is 213 Å². The van der Waals surface area contributed by atoms with E-state index in [2.05, 4.69) is 81.2 Å². The third-order valence-corrected chi connectivity index (χ3v) is 6.72. The van der Waals surface area contributed by atoms with E-state index < -0.39 is 0 Å². The lowest BCUT2D eigenvalue weighted by Gasteiger charge is -2.17. The van der Waals surface area contributed by atoms with Crippen molar-refractivity contribution in [2.45, 2.75) is 91.4 Å². The Morgan fingerprint density at radius 3 is 2.18 bits per heavy atom. The monoisotopic (exact) mass is 482 g/mol. The van der Waals surface area contributed by atoms with Gasteiger partial charge in [-0.25, -0.2) is 0 Å². The Bertz CT molecular complexity index is 902. The van der Waals surface area contributed by atoms with Crippen molar-refractivity contribution in [2.75, 3.05) is 23.3 Å². The van der Waals surface area contributed by atoms with Crippen LogP contribution in [-0.2, 0) is 10.2 Å². The molecule has 3 nitrogen and oxygen atoms in total. The van der Waals surface area contributed by atoms with E-state index in [0.29, 0.717) is 11.8 Å². The average Bonchev–Trinajstić information content (AvgIpc) is 3.37. The molecule has 188 valence electrons. The molecule has 0 saturated heterocycles. The number of rotatable bonds is 5. The van der Waals surface area contributed by atoms with E-state index in [4.69, 9.17) is 0 Å². The SMILES string of the molecule is CC.CC1(C)CNc2ccccc21.CCCC.CCCC(=O)/C=C1\Sc2ccccc2N1CC. The minimum Gasteiger partial charge on any atom is -0.384 e. The standard InChI is InChI=1S/C14H17NOS.C10H13N.C4H10.C2H6/c1-3-7-11(16)10-14-15(4-2)12-8-5-6-9-13(12)17-14;1-10(2)7-11-9-6-4-3-5-8(9)10;1-3-4-2;1-2/h5-6,8-10H,3-4,7H2,1-2H3;3-6,11H,7H2,1-2H3;3-4H2,1-2H3;1-2H3/b14-10-;;;. The smallest absolute Gasteiger partial charge is 0.158 e. The Kier molecular flexibility index (Phi) is 13.7. The Morgan fingerprint density at radius 2 is 1.59 bits per heavy atom. The third kappa shape index (κ3) is 8.54. The molecule has 0 atom stereocenters. The van der Waals surface area contributed by atoms with E-state index in [0.717, 1.165) is 24.5 Å². The highest BCUT2D eigenvalue weighted by Crippen LogP contribution is 2.45. The number of anilines is 2. The van der Waals surface area contributed by atoms with Gasteiger partial charge < -0.3 is 10.2 Å². The summed E-state index contributed by atoms with van der Waals surface area (Å²) in [5.41, 5.74) is 4.28. The third-order valence-electron chi connectivity index (χ3n) is 5.61. The van der Waals surface area contributed by atoms with Crippen LogP contribution < -0.4 is 10.2 Å². The zero-order valence-corrected chi connectivity index (χ0v) is 23.5. The highest BCUT2D eigenvalue weighted by Gasteiger charge is 2.28. The molecule has 0 amide bonds. The number of carbonyl (C=O) groups is 1. The van der Waals surface area contributed by atoms with Crippen molar-refractivity contribution in [2.24, 2.45) is 0 Å². The number of hydrogen-bond acceptors (Lipinski definition) is 4. The van der Waals surface area contributed by atoms with Gasteiger partial charge in [-0.05, 0) is 37.1 Å². The second kappa shape index (κ2) is 15.7. The molecule has 0 radical (unpaired) electrons. The molecule has 0 unspecified atom stereocenters. The van der Waals surface area contributed by atoms with Crippen molar-refractivity contribution < 1.29 is 4.79 Å². The number of nitrogens with one attached hydrogen (secondary N) is 1. The van der Waals surface area contributed by atoms with Gasteiger partial charge in [-0.1, -0.05) is 103 Å². The first-order valence-corrected chi connectivity index (χ1v) is 13.8. The molecule has 34 heavy (non-hydrogen) atoms. The topological polar surface area (TPSA) is 32.3 Å². The minimum atomic E-state index is 0.223. The van der Waals surface area contributed by atoms with Crippen LogP contribution in [-0.4, -0.2) is 18.9 Å². The molecule has 0 bridgehead atoms. The lowest BCUT2D eigenvalue weighted by Crippen LogP contribution is -2.18. The van der Waals surface area contributed by atoms with Gasteiger partial charge in [0.15, 0.2) is 5.78 Å². The fourth-order valence-corrected chi connectivity index (χ4v) is 4.76. The van der Waals surface area contributed by atoms with Gasteiger partial charge in [0, 0.05) is 41.6 Å². The van der Waals surface area contributed by atoms with Crippen LogP contribution in [0.3, 0.4) is 0 Å². The molecule has 0 spiro atoms. The van der Waals surface area contributed by atoms with Gasteiger partial charge in [-0.2, -0.15) is 0 Å².